The standard InChI is InChI=1S/C13H14ClNO5/c14-7-2-1-6(3-9(7)16)13(18)15-8-4-19-12-10(17)5-20-11(8)12/h1-3,8,10-12,16-17H,4-5H2,(H,15,18)/t8-,10-,11-,12-/m1/s1. The van der Waals surface area contributed by atoms with Crippen LogP contribution >= 0.6 is 11.6 Å². The van der Waals surface area contributed by atoms with Crippen molar-refractivity contribution in [3.63, 3.8) is 0 Å². The highest BCUT2D eigenvalue weighted by molar-refractivity contribution is 6.32. The third kappa shape index (κ3) is 2.35. The second-order valence-electron chi connectivity index (χ2n) is 4.91. The Morgan fingerprint density at radius 3 is 2.80 bits per heavy atom. The maximum Gasteiger partial charge on any atom is 0.251 e. The van der Waals surface area contributed by atoms with Gasteiger partial charge in [0, 0.05) is 5.56 Å². The summed E-state index contributed by atoms with van der Waals surface area (Å²) >= 11 is 5.70. The fourth-order valence-electron chi connectivity index (χ4n) is 2.51. The van der Waals surface area contributed by atoms with E-state index in [1.54, 1.807) is 0 Å². The van der Waals surface area contributed by atoms with Crippen LogP contribution in [0.3, 0.4) is 0 Å². The number of fused-ring (bicyclic) bond motifs is 1. The molecular formula is C13H14ClNO5. The Bertz CT molecular complexity index is 537. The van der Waals surface area contributed by atoms with Gasteiger partial charge in [-0.3, -0.25) is 4.79 Å². The van der Waals surface area contributed by atoms with Crippen LogP contribution in [0.15, 0.2) is 18.2 Å². The fourth-order valence-corrected chi connectivity index (χ4v) is 2.63. The lowest BCUT2D eigenvalue weighted by atomic mass is 10.1. The van der Waals surface area contributed by atoms with E-state index in [2.05, 4.69) is 5.32 Å². The summed E-state index contributed by atoms with van der Waals surface area (Å²) in [6, 6.07) is 3.96. The number of aromatic hydroxyl groups is 1. The molecule has 1 amide bonds. The minimum Gasteiger partial charge on any atom is -0.506 e. The molecule has 0 unspecified atom stereocenters. The van der Waals surface area contributed by atoms with Gasteiger partial charge in [0.2, 0.25) is 0 Å². The Hall–Kier alpha value is -1.34. The van der Waals surface area contributed by atoms with Gasteiger partial charge >= 0.3 is 0 Å². The van der Waals surface area contributed by atoms with Crippen LogP contribution in [-0.2, 0) is 9.47 Å². The summed E-state index contributed by atoms with van der Waals surface area (Å²) in [5.74, 6) is -0.497. The van der Waals surface area contributed by atoms with Gasteiger partial charge in [-0.15, -0.1) is 0 Å². The summed E-state index contributed by atoms with van der Waals surface area (Å²) in [7, 11) is 0. The summed E-state index contributed by atoms with van der Waals surface area (Å²) in [4.78, 5) is 12.1. The summed E-state index contributed by atoms with van der Waals surface area (Å²) in [6.07, 6.45) is -1.38. The van der Waals surface area contributed by atoms with E-state index in [0.29, 0.717) is 5.56 Å². The fraction of sp³-hybridized carbons (Fsp3) is 0.462. The number of amides is 1. The summed E-state index contributed by atoms with van der Waals surface area (Å²) in [6.45, 7) is 0.501. The monoisotopic (exact) mass is 299 g/mol. The van der Waals surface area contributed by atoms with Crippen molar-refractivity contribution in [3.8, 4) is 5.75 Å². The molecule has 2 aliphatic heterocycles. The minimum absolute atomic E-state index is 0.146. The van der Waals surface area contributed by atoms with E-state index >= 15 is 0 Å². The number of nitrogens with one attached hydrogen (secondary N) is 1. The number of carbonyl (C=O) groups excluding carboxylic acids is 1. The number of phenols is 1. The first-order valence-electron chi connectivity index (χ1n) is 6.27. The molecule has 2 heterocycles. The lowest BCUT2D eigenvalue weighted by molar-refractivity contribution is 0.0178. The molecule has 2 saturated heterocycles. The maximum atomic E-state index is 12.1. The van der Waals surface area contributed by atoms with Crippen LogP contribution in [0.25, 0.3) is 0 Å². The molecule has 0 saturated carbocycles. The molecule has 2 aliphatic rings. The van der Waals surface area contributed by atoms with Crippen LogP contribution < -0.4 is 5.32 Å². The zero-order valence-electron chi connectivity index (χ0n) is 10.5. The first kappa shape index (κ1) is 13.6. The molecule has 0 aromatic heterocycles. The van der Waals surface area contributed by atoms with E-state index < -0.39 is 6.10 Å². The molecule has 1 aromatic carbocycles. The largest absolute Gasteiger partial charge is 0.506 e. The van der Waals surface area contributed by atoms with Gasteiger partial charge in [-0.05, 0) is 18.2 Å². The van der Waals surface area contributed by atoms with Crippen molar-refractivity contribution < 1.29 is 24.5 Å². The van der Waals surface area contributed by atoms with E-state index in [-0.39, 0.29) is 48.1 Å². The molecule has 2 fully saturated rings. The second-order valence-corrected chi connectivity index (χ2v) is 5.32. The lowest BCUT2D eigenvalue weighted by Gasteiger charge is -2.17. The Balaban J connectivity index is 1.69. The number of halogens is 1. The second kappa shape index (κ2) is 5.21. The molecule has 6 nitrogen and oxygen atoms in total. The zero-order valence-corrected chi connectivity index (χ0v) is 11.2. The van der Waals surface area contributed by atoms with Crippen LogP contribution in [0.4, 0.5) is 0 Å². The molecule has 1 aromatic rings. The number of benzene rings is 1. The highest BCUT2D eigenvalue weighted by Gasteiger charge is 2.47. The van der Waals surface area contributed by atoms with Crippen molar-refractivity contribution in [2.75, 3.05) is 13.2 Å². The molecule has 0 bridgehead atoms. The molecule has 4 atom stereocenters. The van der Waals surface area contributed by atoms with Crippen molar-refractivity contribution in [3.05, 3.63) is 28.8 Å². The molecule has 0 aliphatic carbocycles. The van der Waals surface area contributed by atoms with Gasteiger partial charge in [-0.2, -0.15) is 0 Å². The maximum absolute atomic E-state index is 12.1. The van der Waals surface area contributed by atoms with Gasteiger partial charge < -0.3 is 25.0 Å². The van der Waals surface area contributed by atoms with Crippen LogP contribution in [0.2, 0.25) is 5.02 Å². The van der Waals surface area contributed by atoms with Gasteiger partial charge in [0.05, 0.1) is 24.3 Å². The van der Waals surface area contributed by atoms with Gasteiger partial charge in [-0.1, -0.05) is 11.6 Å². The number of ether oxygens (including phenoxy) is 2. The molecule has 108 valence electrons. The quantitative estimate of drug-likeness (QED) is 0.731. The summed E-state index contributed by atoms with van der Waals surface area (Å²) in [5.41, 5.74) is 0.300. The van der Waals surface area contributed by atoms with E-state index in [4.69, 9.17) is 21.1 Å². The predicted octanol–water partition coefficient (Wildman–Crippen LogP) is 0.303. The van der Waals surface area contributed by atoms with E-state index in [1.807, 2.05) is 0 Å². The van der Waals surface area contributed by atoms with E-state index in [9.17, 15) is 15.0 Å². The first-order chi connectivity index (χ1) is 9.56. The van der Waals surface area contributed by atoms with Gasteiger partial charge in [0.1, 0.15) is 24.1 Å². The lowest BCUT2D eigenvalue weighted by Crippen LogP contribution is -2.44. The van der Waals surface area contributed by atoms with Crippen LogP contribution in [0.1, 0.15) is 10.4 Å². The number of aliphatic hydroxyl groups excluding tert-OH is 1. The number of carbonyl (C=O) groups is 1. The minimum atomic E-state index is -0.651. The predicted molar refractivity (Wildman–Crippen MR) is 69.9 cm³/mol. The van der Waals surface area contributed by atoms with Crippen molar-refractivity contribution in [2.45, 2.75) is 24.4 Å². The number of hydrogen-bond donors (Lipinski definition) is 3. The summed E-state index contributed by atoms with van der Waals surface area (Å²) < 4.78 is 10.8. The molecule has 3 rings (SSSR count). The van der Waals surface area contributed by atoms with Crippen LogP contribution in [0.5, 0.6) is 5.75 Å². The third-order valence-electron chi connectivity index (χ3n) is 3.55. The van der Waals surface area contributed by atoms with E-state index in [0.717, 1.165) is 0 Å². The van der Waals surface area contributed by atoms with Crippen molar-refractivity contribution >= 4 is 17.5 Å². The Morgan fingerprint density at radius 1 is 1.30 bits per heavy atom. The molecule has 7 heteroatoms. The third-order valence-corrected chi connectivity index (χ3v) is 3.87. The van der Waals surface area contributed by atoms with Crippen LogP contribution in [0, 0.1) is 0 Å². The summed E-state index contributed by atoms with van der Waals surface area (Å²) in [5, 5.41) is 22.1. The van der Waals surface area contributed by atoms with E-state index in [1.165, 1.54) is 18.2 Å². The number of aliphatic hydroxyl groups is 1. The number of rotatable bonds is 2. The highest BCUT2D eigenvalue weighted by atomic mass is 35.5. The number of phenolic OH excluding ortho intramolecular Hbond substituents is 1. The van der Waals surface area contributed by atoms with Gasteiger partial charge in [-0.25, -0.2) is 0 Å². The van der Waals surface area contributed by atoms with Crippen molar-refractivity contribution in [1.29, 1.82) is 0 Å². The average molecular weight is 300 g/mol. The van der Waals surface area contributed by atoms with Crippen LogP contribution in [-0.4, -0.2) is 53.7 Å². The average Bonchev–Trinajstić information content (AvgIpc) is 2.97. The van der Waals surface area contributed by atoms with Crippen molar-refractivity contribution in [2.24, 2.45) is 0 Å². The molecule has 3 N–H and O–H groups in total. The normalized spacial score (nSPS) is 32.1. The molecule has 0 spiro atoms. The molecule has 20 heavy (non-hydrogen) atoms. The Morgan fingerprint density at radius 2 is 2.05 bits per heavy atom. The van der Waals surface area contributed by atoms with Crippen molar-refractivity contribution in [1.82, 2.24) is 5.32 Å². The zero-order chi connectivity index (χ0) is 14.3. The first-order valence-corrected chi connectivity index (χ1v) is 6.64. The molecule has 0 radical (unpaired) electrons. The Kier molecular flexibility index (Phi) is 3.55. The highest BCUT2D eigenvalue weighted by Crippen LogP contribution is 2.28. The topological polar surface area (TPSA) is 88.0 Å². The molecular weight excluding hydrogens is 286 g/mol. The smallest absolute Gasteiger partial charge is 0.251 e. The Labute approximate surface area is 120 Å². The number of hydrogen-bond acceptors (Lipinski definition) is 5. The van der Waals surface area contributed by atoms with Gasteiger partial charge in [0.25, 0.3) is 5.91 Å². The van der Waals surface area contributed by atoms with Gasteiger partial charge in [0.15, 0.2) is 0 Å². The SMILES string of the molecule is O=C(N[C@@H]1CO[C@H]2[C@@H]1OC[C@H]2O)c1ccc(Cl)c(O)c1.